The number of benzene rings is 2. The summed E-state index contributed by atoms with van der Waals surface area (Å²) in [5.74, 6) is 0.766. The van der Waals surface area contributed by atoms with Crippen LogP contribution in [-0.4, -0.2) is 44.5 Å². The zero-order valence-corrected chi connectivity index (χ0v) is 19.1. The van der Waals surface area contributed by atoms with Gasteiger partial charge in [0.05, 0.1) is 30.7 Å². The first-order valence-electron chi connectivity index (χ1n) is 9.77. The molecule has 2 aromatic carbocycles. The lowest BCUT2D eigenvalue weighted by Crippen LogP contribution is -2.35. The Bertz CT molecular complexity index is 955. The molecule has 0 saturated heterocycles. The van der Waals surface area contributed by atoms with Crippen LogP contribution in [0.2, 0.25) is 5.02 Å². The Morgan fingerprint density at radius 1 is 1.19 bits per heavy atom. The maximum absolute atomic E-state index is 12.6. The summed E-state index contributed by atoms with van der Waals surface area (Å²) in [6.45, 7) is 2.76. The zero-order valence-electron chi connectivity index (χ0n) is 17.6. The van der Waals surface area contributed by atoms with Crippen molar-refractivity contribution in [2.24, 2.45) is 0 Å². The monoisotopic (exact) mass is 464 g/mol. The summed E-state index contributed by atoms with van der Waals surface area (Å²) in [7, 11) is 3.17. The number of rotatable bonds is 9. The second-order valence-corrected chi connectivity index (χ2v) is 8.66. The van der Waals surface area contributed by atoms with Gasteiger partial charge in [-0.3, -0.25) is 9.59 Å². The minimum atomic E-state index is -0.507. The highest BCUT2D eigenvalue weighted by Gasteiger charge is 2.29. The standard InChI is InChI=1S/C22H25ClN2O5S/c1-13(14-4-6-17(18(10-14)29-3)30-9-8-28-2)24-21(26)12-20-22(27)25-16-11-15(23)5-7-19(16)31-20/h4-7,10-11,13,20H,8-9,12H2,1-3H3,(H,24,26)(H,25,27). The van der Waals surface area contributed by atoms with Gasteiger partial charge < -0.3 is 24.8 Å². The van der Waals surface area contributed by atoms with E-state index >= 15 is 0 Å². The van der Waals surface area contributed by atoms with Crippen molar-refractivity contribution in [1.82, 2.24) is 5.32 Å². The predicted octanol–water partition coefficient (Wildman–Crippen LogP) is 4.05. The van der Waals surface area contributed by atoms with Crippen molar-refractivity contribution in [3.63, 3.8) is 0 Å². The Hall–Kier alpha value is -2.42. The van der Waals surface area contributed by atoms with Gasteiger partial charge in [-0.2, -0.15) is 0 Å². The highest BCUT2D eigenvalue weighted by atomic mass is 35.5. The number of fused-ring (bicyclic) bond motifs is 1. The van der Waals surface area contributed by atoms with Crippen LogP contribution in [0.15, 0.2) is 41.3 Å². The van der Waals surface area contributed by atoms with E-state index in [2.05, 4.69) is 10.6 Å². The second-order valence-electron chi connectivity index (χ2n) is 6.98. The van der Waals surface area contributed by atoms with Crippen LogP contribution in [0.1, 0.15) is 24.9 Å². The molecule has 9 heteroatoms. The van der Waals surface area contributed by atoms with E-state index in [4.69, 9.17) is 25.8 Å². The van der Waals surface area contributed by atoms with Crippen molar-refractivity contribution < 1.29 is 23.8 Å². The maximum Gasteiger partial charge on any atom is 0.238 e. The summed E-state index contributed by atoms with van der Waals surface area (Å²) in [6, 6.07) is 10.6. The molecule has 0 radical (unpaired) electrons. The quantitative estimate of drug-likeness (QED) is 0.544. The van der Waals surface area contributed by atoms with E-state index in [0.29, 0.717) is 35.4 Å². The minimum Gasteiger partial charge on any atom is -0.493 e. The Kier molecular flexibility index (Phi) is 8.06. The number of thioether (sulfide) groups is 1. The number of carbonyl (C=O) groups is 2. The first-order chi connectivity index (χ1) is 14.9. The molecule has 0 spiro atoms. The Morgan fingerprint density at radius 3 is 2.74 bits per heavy atom. The van der Waals surface area contributed by atoms with Gasteiger partial charge in [0.1, 0.15) is 6.61 Å². The van der Waals surface area contributed by atoms with E-state index in [0.717, 1.165) is 10.5 Å². The molecule has 7 nitrogen and oxygen atoms in total. The molecular formula is C22H25ClN2O5S. The molecule has 31 heavy (non-hydrogen) atoms. The molecule has 1 aliphatic heterocycles. The molecule has 1 aliphatic rings. The van der Waals surface area contributed by atoms with Crippen LogP contribution >= 0.6 is 23.4 Å². The topological polar surface area (TPSA) is 85.9 Å². The van der Waals surface area contributed by atoms with Crippen LogP contribution < -0.4 is 20.1 Å². The van der Waals surface area contributed by atoms with Crippen molar-refractivity contribution in [3.8, 4) is 11.5 Å². The minimum absolute atomic E-state index is 0.0677. The van der Waals surface area contributed by atoms with Crippen LogP contribution in [0.25, 0.3) is 0 Å². The third kappa shape index (κ3) is 6.06. The summed E-state index contributed by atoms with van der Waals surface area (Å²) in [4.78, 5) is 25.9. The molecule has 2 aromatic rings. The van der Waals surface area contributed by atoms with Crippen molar-refractivity contribution >= 4 is 40.9 Å². The number of amides is 2. The van der Waals surface area contributed by atoms with Gasteiger partial charge in [-0.05, 0) is 42.8 Å². The molecule has 0 saturated carbocycles. The molecule has 0 fully saturated rings. The summed E-state index contributed by atoms with van der Waals surface area (Å²) in [5, 5.41) is 5.81. The van der Waals surface area contributed by atoms with Gasteiger partial charge >= 0.3 is 0 Å². The molecule has 3 rings (SSSR count). The third-order valence-corrected chi connectivity index (χ3v) is 6.25. The summed E-state index contributed by atoms with van der Waals surface area (Å²) in [6.07, 6.45) is 0.0677. The van der Waals surface area contributed by atoms with E-state index in [1.807, 2.05) is 25.1 Å². The largest absolute Gasteiger partial charge is 0.493 e. The number of ether oxygens (including phenoxy) is 3. The number of hydrogen-bond acceptors (Lipinski definition) is 6. The Morgan fingerprint density at radius 2 is 2.00 bits per heavy atom. The molecule has 2 N–H and O–H groups in total. The maximum atomic E-state index is 12.6. The fourth-order valence-corrected chi connectivity index (χ4v) is 4.38. The van der Waals surface area contributed by atoms with Crippen LogP contribution in [-0.2, 0) is 14.3 Å². The lowest BCUT2D eigenvalue weighted by Gasteiger charge is -2.24. The summed E-state index contributed by atoms with van der Waals surface area (Å²) < 4.78 is 16.0. The molecule has 1 heterocycles. The highest BCUT2D eigenvalue weighted by molar-refractivity contribution is 8.01. The average molecular weight is 465 g/mol. The fraction of sp³-hybridized carbons (Fsp3) is 0.364. The van der Waals surface area contributed by atoms with Crippen molar-refractivity contribution in [2.45, 2.75) is 29.5 Å². The first-order valence-corrected chi connectivity index (χ1v) is 11.0. The zero-order chi connectivity index (χ0) is 22.4. The molecular weight excluding hydrogens is 440 g/mol. The Balaban J connectivity index is 1.60. The van der Waals surface area contributed by atoms with E-state index in [-0.39, 0.29) is 24.3 Å². The van der Waals surface area contributed by atoms with E-state index < -0.39 is 5.25 Å². The van der Waals surface area contributed by atoms with Gasteiger partial charge in [-0.15, -0.1) is 11.8 Å². The summed E-state index contributed by atoms with van der Waals surface area (Å²) in [5.41, 5.74) is 1.54. The van der Waals surface area contributed by atoms with E-state index in [1.54, 1.807) is 32.4 Å². The van der Waals surface area contributed by atoms with Crippen molar-refractivity contribution in [1.29, 1.82) is 0 Å². The van der Waals surface area contributed by atoms with Gasteiger partial charge in [0.15, 0.2) is 11.5 Å². The molecule has 0 aliphatic carbocycles. The third-order valence-electron chi connectivity index (χ3n) is 4.74. The van der Waals surface area contributed by atoms with Gasteiger partial charge in [-0.25, -0.2) is 0 Å². The normalized spacial score (nSPS) is 16.1. The lowest BCUT2D eigenvalue weighted by molar-refractivity contribution is -0.124. The van der Waals surface area contributed by atoms with Gasteiger partial charge in [0.2, 0.25) is 11.8 Å². The highest BCUT2D eigenvalue weighted by Crippen LogP contribution is 2.38. The second kappa shape index (κ2) is 10.7. The molecule has 2 unspecified atom stereocenters. The van der Waals surface area contributed by atoms with Crippen LogP contribution in [0, 0.1) is 0 Å². The van der Waals surface area contributed by atoms with Crippen LogP contribution in [0.3, 0.4) is 0 Å². The van der Waals surface area contributed by atoms with Gasteiger partial charge in [-0.1, -0.05) is 17.7 Å². The number of hydrogen-bond donors (Lipinski definition) is 2. The van der Waals surface area contributed by atoms with E-state index in [1.165, 1.54) is 11.8 Å². The molecule has 2 amide bonds. The first kappa shape index (κ1) is 23.2. The lowest BCUT2D eigenvalue weighted by atomic mass is 10.1. The summed E-state index contributed by atoms with van der Waals surface area (Å²) >= 11 is 7.34. The van der Waals surface area contributed by atoms with Crippen molar-refractivity contribution in [3.05, 3.63) is 47.0 Å². The number of nitrogens with one attached hydrogen (secondary N) is 2. The van der Waals surface area contributed by atoms with E-state index in [9.17, 15) is 9.59 Å². The number of carbonyl (C=O) groups excluding carboxylic acids is 2. The molecule has 2 atom stereocenters. The number of methoxy groups -OCH3 is 2. The average Bonchev–Trinajstić information content (AvgIpc) is 2.74. The predicted molar refractivity (Wildman–Crippen MR) is 121 cm³/mol. The van der Waals surface area contributed by atoms with Crippen LogP contribution in [0.5, 0.6) is 11.5 Å². The van der Waals surface area contributed by atoms with Gasteiger partial charge in [0.25, 0.3) is 0 Å². The number of halogens is 1. The Labute approximate surface area is 190 Å². The van der Waals surface area contributed by atoms with Crippen LogP contribution in [0.4, 0.5) is 5.69 Å². The van der Waals surface area contributed by atoms with Crippen molar-refractivity contribution in [2.75, 3.05) is 32.8 Å². The molecule has 0 aromatic heterocycles. The SMILES string of the molecule is COCCOc1ccc(C(C)NC(=O)CC2Sc3ccc(Cl)cc3NC2=O)cc1OC. The molecule has 166 valence electrons. The fourth-order valence-electron chi connectivity index (χ4n) is 3.12. The molecule has 0 bridgehead atoms. The number of anilines is 1. The smallest absolute Gasteiger partial charge is 0.238 e. The van der Waals surface area contributed by atoms with Gasteiger partial charge in [0, 0.05) is 23.4 Å².